The van der Waals surface area contributed by atoms with Crippen LogP contribution >= 0.6 is 0 Å². The standard InChI is InChI=1S/C23H30F6N4O2/c24-22(25,26)17-10-16(11-18(12-17)23(27,28)29)21(35)31-13-15-4-6-19(7-5-15)30-14-20(34)32-33-8-2-1-3-9-33/h10-12,15,19,30H,1-9,13-14H2,(H,31,35)(H,32,34). The Labute approximate surface area is 199 Å². The molecule has 2 fully saturated rings. The van der Waals surface area contributed by atoms with Crippen LogP contribution in [0.5, 0.6) is 0 Å². The third-order valence-electron chi connectivity index (χ3n) is 6.44. The van der Waals surface area contributed by atoms with Crippen LogP contribution in [-0.4, -0.2) is 49.0 Å². The third-order valence-corrected chi connectivity index (χ3v) is 6.44. The Bertz CT molecular complexity index is 843. The molecule has 2 amide bonds. The lowest BCUT2D eigenvalue weighted by Gasteiger charge is -2.30. The minimum atomic E-state index is -5.01. The maximum Gasteiger partial charge on any atom is 0.416 e. The van der Waals surface area contributed by atoms with Gasteiger partial charge in [-0.25, -0.2) is 5.01 Å². The van der Waals surface area contributed by atoms with Gasteiger partial charge in [0.1, 0.15) is 0 Å². The molecule has 1 aromatic rings. The van der Waals surface area contributed by atoms with Gasteiger partial charge in [-0.05, 0) is 62.6 Å². The number of alkyl halides is 6. The highest BCUT2D eigenvalue weighted by Gasteiger charge is 2.37. The van der Waals surface area contributed by atoms with E-state index in [0.29, 0.717) is 25.0 Å². The van der Waals surface area contributed by atoms with Crippen molar-refractivity contribution in [1.29, 1.82) is 0 Å². The van der Waals surface area contributed by atoms with Gasteiger partial charge in [-0.15, -0.1) is 0 Å². The molecule has 0 radical (unpaired) electrons. The molecule has 1 aromatic carbocycles. The SMILES string of the molecule is O=C(CNC1CCC(CNC(=O)c2cc(C(F)(F)F)cc(C(F)(F)F)c2)CC1)NN1CCCCC1. The number of nitrogens with one attached hydrogen (secondary N) is 3. The summed E-state index contributed by atoms with van der Waals surface area (Å²) in [6, 6.07) is 0.991. The van der Waals surface area contributed by atoms with Crippen molar-refractivity contribution in [3.8, 4) is 0 Å². The van der Waals surface area contributed by atoms with Crippen molar-refractivity contribution in [3.63, 3.8) is 0 Å². The second kappa shape index (κ2) is 11.6. The maximum atomic E-state index is 13.0. The highest BCUT2D eigenvalue weighted by molar-refractivity contribution is 5.94. The van der Waals surface area contributed by atoms with Crippen molar-refractivity contribution in [2.45, 2.75) is 63.3 Å². The largest absolute Gasteiger partial charge is 0.416 e. The summed E-state index contributed by atoms with van der Waals surface area (Å²) in [6.45, 7) is 2.04. The Kier molecular flexibility index (Phi) is 9.03. The molecule has 0 bridgehead atoms. The van der Waals surface area contributed by atoms with Crippen molar-refractivity contribution in [1.82, 2.24) is 21.1 Å². The summed E-state index contributed by atoms with van der Waals surface area (Å²) < 4.78 is 78.1. The van der Waals surface area contributed by atoms with Crippen molar-refractivity contribution in [2.24, 2.45) is 5.92 Å². The summed E-state index contributed by atoms with van der Waals surface area (Å²) in [5, 5.41) is 7.62. The normalized spacial score (nSPS) is 22.0. The van der Waals surface area contributed by atoms with Crippen LogP contribution in [0.4, 0.5) is 26.3 Å². The number of halogens is 6. The van der Waals surface area contributed by atoms with Gasteiger partial charge in [0.25, 0.3) is 5.91 Å². The van der Waals surface area contributed by atoms with Crippen LogP contribution in [0, 0.1) is 5.92 Å². The van der Waals surface area contributed by atoms with E-state index in [1.807, 2.05) is 5.01 Å². The van der Waals surface area contributed by atoms with Gasteiger partial charge >= 0.3 is 12.4 Å². The molecule has 2 aliphatic rings. The quantitative estimate of drug-likeness (QED) is 0.485. The molecule has 3 rings (SSSR count). The van der Waals surface area contributed by atoms with Crippen LogP contribution in [0.3, 0.4) is 0 Å². The summed E-state index contributed by atoms with van der Waals surface area (Å²) in [5.74, 6) is -1.02. The van der Waals surface area contributed by atoms with E-state index in [1.165, 1.54) is 6.42 Å². The molecule has 1 aliphatic carbocycles. The van der Waals surface area contributed by atoms with Crippen LogP contribution in [0.1, 0.15) is 66.4 Å². The molecule has 1 saturated carbocycles. The minimum absolute atomic E-state index is 0.00213. The molecular formula is C23H30F6N4O2. The highest BCUT2D eigenvalue weighted by atomic mass is 19.4. The van der Waals surface area contributed by atoms with E-state index in [9.17, 15) is 35.9 Å². The zero-order valence-electron chi connectivity index (χ0n) is 19.2. The fraction of sp³-hybridized carbons (Fsp3) is 0.652. The number of hydrogen-bond donors (Lipinski definition) is 3. The van der Waals surface area contributed by atoms with Crippen molar-refractivity contribution >= 4 is 11.8 Å². The molecule has 12 heteroatoms. The monoisotopic (exact) mass is 508 g/mol. The molecule has 196 valence electrons. The van der Waals surface area contributed by atoms with E-state index >= 15 is 0 Å². The van der Waals surface area contributed by atoms with Crippen molar-refractivity contribution < 1.29 is 35.9 Å². The Balaban J connectivity index is 1.44. The summed E-state index contributed by atoms with van der Waals surface area (Å²) in [7, 11) is 0. The van der Waals surface area contributed by atoms with Gasteiger partial charge in [0.2, 0.25) is 5.91 Å². The van der Waals surface area contributed by atoms with E-state index in [2.05, 4.69) is 16.1 Å². The molecule has 0 aromatic heterocycles. The fourth-order valence-corrected chi connectivity index (χ4v) is 4.45. The van der Waals surface area contributed by atoms with Gasteiger partial charge in [-0.2, -0.15) is 26.3 Å². The van der Waals surface area contributed by atoms with E-state index in [0.717, 1.165) is 38.8 Å². The van der Waals surface area contributed by atoms with E-state index < -0.39 is 35.0 Å². The average molecular weight is 509 g/mol. The van der Waals surface area contributed by atoms with Crippen molar-refractivity contribution in [3.05, 3.63) is 34.9 Å². The second-order valence-corrected chi connectivity index (χ2v) is 9.19. The first kappa shape index (κ1) is 27.3. The number of carbonyl (C=O) groups excluding carboxylic acids is 2. The molecule has 6 nitrogen and oxygen atoms in total. The highest BCUT2D eigenvalue weighted by Crippen LogP contribution is 2.36. The first-order chi connectivity index (χ1) is 16.4. The predicted octanol–water partition coefficient (Wildman–Crippen LogP) is 4.12. The number of hydrogen-bond acceptors (Lipinski definition) is 4. The molecule has 1 aliphatic heterocycles. The van der Waals surface area contributed by atoms with Crippen LogP contribution in [0.2, 0.25) is 0 Å². The molecule has 1 saturated heterocycles. The van der Waals surface area contributed by atoms with E-state index in [4.69, 9.17) is 0 Å². The third kappa shape index (κ3) is 8.38. The number of benzene rings is 1. The Morgan fingerprint density at radius 3 is 1.97 bits per heavy atom. The molecule has 0 spiro atoms. The molecule has 35 heavy (non-hydrogen) atoms. The molecule has 0 unspecified atom stereocenters. The lowest BCUT2D eigenvalue weighted by Crippen LogP contribution is -2.49. The minimum Gasteiger partial charge on any atom is -0.352 e. The molecule has 0 atom stereocenters. The second-order valence-electron chi connectivity index (χ2n) is 9.19. The van der Waals surface area contributed by atoms with Crippen LogP contribution in [0.15, 0.2) is 18.2 Å². The number of amides is 2. The van der Waals surface area contributed by atoms with Crippen LogP contribution in [0.25, 0.3) is 0 Å². The number of rotatable bonds is 7. The van der Waals surface area contributed by atoms with Gasteiger partial charge in [0.05, 0.1) is 17.7 Å². The van der Waals surface area contributed by atoms with E-state index in [-0.39, 0.29) is 37.0 Å². The maximum absolute atomic E-state index is 13.0. The van der Waals surface area contributed by atoms with Crippen LogP contribution in [-0.2, 0) is 17.1 Å². The lowest BCUT2D eigenvalue weighted by molar-refractivity contribution is -0.143. The first-order valence-corrected chi connectivity index (χ1v) is 11.8. The summed E-state index contributed by atoms with van der Waals surface area (Å²) >= 11 is 0. The number of nitrogens with zero attached hydrogens (tertiary/aromatic N) is 1. The smallest absolute Gasteiger partial charge is 0.352 e. The fourth-order valence-electron chi connectivity index (χ4n) is 4.45. The average Bonchev–Trinajstić information content (AvgIpc) is 2.81. The molecule has 1 heterocycles. The Hall–Kier alpha value is -2.34. The van der Waals surface area contributed by atoms with Gasteiger partial charge in [-0.3, -0.25) is 15.0 Å². The van der Waals surface area contributed by atoms with Gasteiger partial charge in [0, 0.05) is 31.2 Å². The first-order valence-electron chi connectivity index (χ1n) is 11.8. The zero-order valence-corrected chi connectivity index (χ0v) is 19.2. The number of hydrazine groups is 1. The van der Waals surface area contributed by atoms with E-state index in [1.54, 1.807) is 0 Å². The van der Waals surface area contributed by atoms with Gasteiger partial charge in [-0.1, -0.05) is 6.42 Å². The van der Waals surface area contributed by atoms with Crippen LogP contribution < -0.4 is 16.1 Å². The Morgan fingerprint density at radius 2 is 1.43 bits per heavy atom. The van der Waals surface area contributed by atoms with Gasteiger partial charge in [0.15, 0.2) is 0 Å². The lowest BCUT2D eigenvalue weighted by atomic mass is 9.86. The molecule has 3 N–H and O–H groups in total. The number of piperidine rings is 1. The number of carbonyl (C=O) groups is 2. The summed E-state index contributed by atoms with van der Waals surface area (Å²) in [5.41, 5.74) is -0.833. The topological polar surface area (TPSA) is 73.5 Å². The Morgan fingerprint density at radius 1 is 0.857 bits per heavy atom. The van der Waals surface area contributed by atoms with Gasteiger partial charge < -0.3 is 10.6 Å². The predicted molar refractivity (Wildman–Crippen MR) is 116 cm³/mol. The summed E-state index contributed by atoms with van der Waals surface area (Å²) in [4.78, 5) is 24.4. The van der Waals surface area contributed by atoms with Crippen molar-refractivity contribution in [2.75, 3.05) is 26.2 Å². The summed E-state index contributed by atoms with van der Waals surface area (Å²) in [6.07, 6.45) is -3.80. The molecular weight excluding hydrogens is 478 g/mol. The zero-order chi connectivity index (χ0) is 25.6.